The molecule has 1 atom stereocenters. The van der Waals surface area contributed by atoms with Gasteiger partial charge in [-0.15, -0.1) is 11.3 Å². The molecule has 2 aromatic rings. The summed E-state index contributed by atoms with van der Waals surface area (Å²) in [4.78, 5) is 11.6. The van der Waals surface area contributed by atoms with Crippen LogP contribution in [0, 0.1) is 10.1 Å². The van der Waals surface area contributed by atoms with E-state index in [9.17, 15) is 10.1 Å². The third-order valence-electron chi connectivity index (χ3n) is 3.64. The van der Waals surface area contributed by atoms with Crippen molar-refractivity contribution in [1.29, 1.82) is 0 Å². The van der Waals surface area contributed by atoms with Gasteiger partial charge in [0.25, 0.3) is 5.69 Å². The Labute approximate surface area is 129 Å². The molecule has 1 aromatic carbocycles. The molecule has 4 nitrogen and oxygen atoms in total. The lowest BCUT2D eigenvalue weighted by atomic mass is 9.91. The first-order chi connectivity index (χ1) is 9.90. The van der Waals surface area contributed by atoms with Crippen molar-refractivity contribution in [2.45, 2.75) is 32.2 Å². The summed E-state index contributed by atoms with van der Waals surface area (Å²) in [7, 11) is 0. The number of non-ortho nitro benzene ring substituents is 1. The fourth-order valence-electron chi connectivity index (χ4n) is 2.16. The number of hydrogen-bond acceptors (Lipinski definition) is 4. The van der Waals surface area contributed by atoms with E-state index in [1.165, 1.54) is 4.88 Å². The number of nitrogens with zero attached hydrogens (tertiary/aromatic N) is 1. The second-order valence-electron chi connectivity index (χ2n) is 5.81. The molecule has 1 unspecified atom stereocenters. The molecule has 112 valence electrons. The molecule has 0 radical (unpaired) electrons. The lowest BCUT2D eigenvalue weighted by Gasteiger charge is -2.26. The Hall–Kier alpha value is -1.72. The number of rotatable bonds is 6. The summed E-state index contributed by atoms with van der Waals surface area (Å²) in [6.45, 7) is 7.36. The highest BCUT2D eigenvalue weighted by molar-refractivity contribution is 7.10. The molecule has 0 bridgehead atoms. The lowest BCUT2D eigenvalue weighted by Crippen LogP contribution is -2.33. The molecule has 0 fully saturated rings. The van der Waals surface area contributed by atoms with E-state index in [1.807, 2.05) is 12.1 Å². The maximum Gasteiger partial charge on any atom is 0.269 e. The van der Waals surface area contributed by atoms with Crippen molar-refractivity contribution in [3.63, 3.8) is 0 Å². The first-order valence-electron chi connectivity index (χ1n) is 6.92. The van der Waals surface area contributed by atoms with Crippen molar-refractivity contribution in [2.75, 3.05) is 6.54 Å². The normalized spacial score (nSPS) is 13.1. The molecule has 0 aliphatic carbocycles. The highest BCUT2D eigenvalue weighted by atomic mass is 32.1. The van der Waals surface area contributed by atoms with E-state index in [0.29, 0.717) is 0 Å². The van der Waals surface area contributed by atoms with Crippen LogP contribution in [0.25, 0.3) is 0 Å². The fourth-order valence-corrected chi connectivity index (χ4v) is 3.01. The molecule has 1 aromatic heterocycles. The Balaban J connectivity index is 1.98. The van der Waals surface area contributed by atoms with Gasteiger partial charge in [0.15, 0.2) is 0 Å². The maximum absolute atomic E-state index is 10.7. The minimum absolute atomic E-state index is 0.0726. The Bertz CT molecular complexity index is 591. The lowest BCUT2D eigenvalue weighted by molar-refractivity contribution is -0.384. The molecular weight excluding hydrogens is 284 g/mol. The Morgan fingerprint density at radius 2 is 1.95 bits per heavy atom. The number of benzene rings is 1. The molecule has 0 amide bonds. The maximum atomic E-state index is 10.7. The third-order valence-corrected chi connectivity index (χ3v) is 4.88. The smallest absolute Gasteiger partial charge is 0.269 e. The number of thiophene rings is 1. The highest BCUT2D eigenvalue weighted by Crippen LogP contribution is 2.27. The molecule has 21 heavy (non-hydrogen) atoms. The SMILES string of the molecule is CC(NCC(C)(C)c1cccs1)c1ccc([N+](=O)[O-])cc1. The van der Waals surface area contributed by atoms with Crippen LogP contribution in [0.3, 0.4) is 0 Å². The average Bonchev–Trinajstić information content (AvgIpc) is 3.00. The summed E-state index contributed by atoms with van der Waals surface area (Å²) in [5.41, 5.74) is 1.26. The Kier molecular flexibility index (Phi) is 4.75. The highest BCUT2D eigenvalue weighted by Gasteiger charge is 2.22. The third kappa shape index (κ3) is 3.89. The van der Waals surface area contributed by atoms with Gasteiger partial charge in [0.05, 0.1) is 4.92 Å². The second-order valence-corrected chi connectivity index (χ2v) is 6.76. The standard InChI is InChI=1S/C16H20N2O2S/c1-12(13-6-8-14(9-7-13)18(19)20)17-11-16(2,3)15-5-4-10-21-15/h4-10,12,17H,11H2,1-3H3. The van der Waals surface area contributed by atoms with E-state index in [2.05, 4.69) is 43.6 Å². The van der Waals surface area contributed by atoms with Crippen molar-refractivity contribution in [2.24, 2.45) is 0 Å². The molecule has 0 aliphatic heterocycles. The van der Waals surface area contributed by atoms with Gasteiger partial charge >= 0.3 is 0 Å². The van der Waals surface area contributed by atoms with Crippen LogP contribution in [0.15, 0.2) is 41.8 Å². The van der Waals surface area contributed by atoms with Gasteiger partial charge in [-0.1, -0.05) is 32.0 Å². The van der Waals surface area contributed by atoms with Gasteiger partial charge in [-0.2, -0.15) is 0 Å². The second kappa shape index (κ2) is 6.37. The van der Waals surface area contributed by atoms with Crippen LogP contribution in [0.5, 0.6) is 0 Å². The summed E-state index contributed by atoms with van der Waals surface area (Å²) in [5.74, 6) is 0. The summed E-state index contributed by atoms with van der Waals surface area (Å²) in [6, 6.07) is 11.1. The zero-order valence-electron chi connectivity index (χ0n) is 12.5. The monoisotopic (exact) mass is 304 g/mol. The molecule has 2 rings (SSSR count). The molecule has 0 spiro atoms. The van der Waals surface area contributed by atoms with Gasteiger partial charge in [0, 0.05) is 35.0 Å². The Morgan fingerprint density at radius 3 is 2.48 bits per heavy atom. The number of nitro groups is 1. The van der Waals surface area contributed by atoms with Gasteiger partial charge in [-0.25, -0.2) is 0 Å². The quantitative estimate of drug-likeness (QED) is 0.640. The largest absolute Gasteiger partial charge is 0.309 e. The first kappa shape index (κ1) is 15.7. The Morgan fingerprint density at radius 1 is 1.29 bits per heavy atom. The van der Waals surface area contributed by atoms with Gasteiger partial charge in [-0.3, -0.25) is 10.1 Å². The van der Waals surface area contributed by atoms with E-state index in [-0.39, 0.29) is 22.1 Å². The van der Waals surface area contributed by atoms with Crippen molar-refractivity contribution < 1.29 is 4.92 Å². The minimum atomic E-state index is -0.373. The van der Waals surface area contributed by atoms with E-state index in [4.69, 9.17) is 0 Å². The van der Waals surface area contributed by atoms with E-state index >= 15 is 0 Å². The van der Waals surface area contributed by atoms with Crippen molar-refractivity contribution in [3.8, 4) is 0 Å². The van der Waals surface area contributed by atoms with Gasteiger partial charge < -0.3 is 5.32 Å². The van der Waals surface area contributed by atoms with Gasteiger partial charge in [0.1, 0.15) is 0 Å². The zero-order chi connectivity index (χ0) is 15.5. The van der Waals surface area contributed by atoms with Gasteiger partial charge in [0.2, 0.25) is 0 Å². The molecular formula is C16H20N2O2S. The van der Waals surface area contributed by atoms with Crippen LogP contribution in [0.1, 0.15) is 37.3 Å². The average molecular weight is 304 g/mol. The topological polar surface area (TPSA) is 55.2 Å². The van der Waals surface area contributed by atoms with Crippen molar-refractivity contribution in [1.82, 2.24) is 5.32 Å². The van der Waals surface area contributed by atoms with E-state index < -0.39 is 0 Å². The molecule has 5 heteroatoms. The van der Waals surface area contributed by atoms with E-state index in [0.717, 1.165) is 12.1 Å². The number of nitro benzene ring substituents is 1. The van der Waals surface area contributed by atoms with Crippen molar-refractivity contribution >= 4 is 17.0 Å². The predicted molar refractivity (Wildman–Crippen MR) is 86.9 cm³/mol. The molecule has 1 N–H and O–H groups in total. The minimum Gasteiger partial charge on any atom is -0.309 e. The molecule has 0 saturated carbocycles. The number of hydrogen-bond donors (Lipinski definition) is 1. The first-order valence-corrected chi connectivity index (χ1v) is 7.80. The summed E-state index contributed by atoms with van der Waals surface area (Å²) < 4.78 is 0. The van der Waals surface area contributed by atoms with Crippen LogP contribution in [0.2, 0.25) is 0 Å². The van der Waals surface area contributed by atoms with Crippen LogP contribution >= 0.6 is 11.3 Å². The number of nitrogens with one attached hydrogen (secondary N) is 1. The van der Waals surface area contributed by atoms with E-state index in [1.54, 1.807) is 23.5 Å². The summed E-state index contributed by atoms with van der Waals surface area (Å²) >= 11 is 1.77. The van der Waals surface area contributed by atoms with Crippen LogP contribution in [0.4, 0.5) is 5.69 Å². The summed E-state index contributed by atoms with van der Waals surface area (Å²) in [6.07, 6.45) is 0. The van der Waals surface area contributed by atoms with Crippen LogP contribution < -0.4 is 5.32 Å². The molecule has 0 saturated heterocycles. The molecule has 0 aliphatic rings. The van der Waals surface area contributed by atoms with Crippen LogP contribution in [-0.2, 0) is 5.41 Å². The van der Waals surface area contributed by atoms with Crippen molar-refractivity contribution in [3.05, 3.63) is 62.3 Å². The fraction of sp³-hybridized carbons (Fsp3) is 0.375. The van der Waals surface area contributed by atoms with Gasteiger partial charge in [-0.05, 0) is 23.9 Å². The predicted octanol–water partition coefficient (Wildman–Crippen LogP) is 4.28. The van der Waals surface area contributed by atoms with Crippen LogP contribution in [-0.4, -0.2) is 11.5 Å². The zero-order valence-corrected chi connectivity index (χ0v) is 13.3. The summed E-state index contributed by atoms with van der Waals surface area (Å²) in [5, 5.41) is 16.3. The molecule has 1 heterocycles.